The number of fused-ring (bicyclic) bond motifs is 3. The Hall–Kier alpha value is -3.58. The van der Waals surface area contributed by atoms with Crippen LogP contribution in [0.4, 0.5) is 0 Å². The predicted octanol–water partition coefficient (Wildman–Crippen LogP) is 2.91. The number of aromatic hydroxyl groups is 1. The first-order chi connectivity index (χ1) is 14.9. The smallest absolute Gasteiger partial charge is 0.335 e. The lowest BCUT2D eigenvalue weighted by Crippen LogP contribution is -2.39. The molecule has 0 fully saturated rings. The van der Waals surface area contributed by atoms with E-state index in [9.17, 15) is 14.7 Å². The molecule has 2 aromatic carbocycles. The molecule has 158 valence electrons. The van der Waals surface area contributed by atoms with Gasteiger partial charge in [-0.1, -0.05) is 35.9 Å². The average Bonchev–Trinajstić information content (AvgIpc) is 3.09. The maximum absolute atomic E-state index is 13.0. The van der Waals surface area contributed by atoms with Gasteiger partial charge >= 0.3 is 5.69 Å². The molecule has 1 aliphatic heterocycles. The molecule has 0 aliphatic carbocycles. The van der Waals surface area contributed by atoms with E-state index in [-0.39, 0.29) is 11.4 Å². The minimum Gasteiger partial charge on any atom is -0.494 e. The number of hydrogen-bond donors (Lipinski definition) is 3. The van der Waals surface area contributed by atoms with Crippen molar-refractivity contribution in [1.82, 2.24) is 19.4 Å². The van der Waals surface area contributed by atoms with Gasteiger partial charge in [0.25, 0.3) is 5.56 Å². The van der Waals surface area contributed by atoms with Crippen molar-refractivity contribution < 1.29 is 5.11 Å². The number of nitrogens with zero attached hydrogens (tertiary/aromatic N) is 2. The summed E-state index contributed by atoms with van der Waals surface area (Å²) in [6.45, 7) is 4.56. The van der Waals surface area contributed by atoms with Crippen LogP contribution in [0.3, 0.4) is 0 Å². The van der Waals surface area contributed by atoms with Gasteiger partial charge in [-0.25, -0.2) is 9.36 Å². The van der Waals surface area contributed by atoms with Crippen LogP contribution in [0.5, 0.6) is 5.88 Å². The number of benzene rings is 2. The zero-order valence-corrected chi connectivity index (χ0v) is 17.7. The van der Waals surface area contributed by atoms with Crippen LogP contribution < -0.4 is 11.2 Å². The number of aryl methyl sites for hydroxylation is 2. The van der Waals surface area contributed by atoms with E-state index in [1.54, 1.807) is 6.07 Å². The van der Waals surface area contributed by atoms with Gasteiger partial charge in [0.05, 0.1) is 11.7 Å². The summed E-state index contributed by atoms with van der Waals surface area (Å²) in [5.74, 6) is -0.330. The molecule has 31 heavy (non-hydrogen) atoms. The lowest BCUT2D eigenvalue weighted by atomic mass is 9.93. The van der Waals surface area contributed by atoms with Gasteiger partial charge in [0, 0.05) is 23.1 Å². The van der Waals surface area contributed by atoms with Gasteiger partial charge in [-0.3, -0.25) is 14.7 Å². The van der Waals surface area contributed by atoms with Crippen LogP contribution in [-0.2, 0) is 6.42 Å². The Kier molecular flexibility index (Phi) is 4.37. The molecule has 3 N–H and O–H groups in total. The SMILES string of the molecule is Cc1ccc(-n2c(O)c([C@@H]3c4[nH]c5ccccc5c4CCN3C)c(=O)[nH]c2=O)c(C)c1. The van der Waals surface area contributed by atoms with Crippen LogP contribution in [-0.4, -0.2) is 38.1 Å². The summed E-state index contributed by atoms with van der Waals surface area (Å²) in [5.41, 5.74) is 4.36. The van der Waals surface area contributed by atoms with Crippen LogP contribution in [0, 0.1) is 13.8 Å². The highest BCUT2D eigenvalue weighted by Gasteiger charge is 2.34. The van der Waals surface area contributed by atoms with Crippen molar-refractivity contribution in [3.05, 3.63) is 91.3 Å². The second kappa shape index (κ2) is 6.99. The van der Waals surface area contributed by atoms with Gasteiger partial charge in [-0.05, 0) is 50.6 Å². The molecule has 0 saturated carbocycles. The third kappa shape index (κ3) is 2.92. The van der Waals surface area contributed by atoms with Gasteiger partial charge < -0.3 is 10.1 Å². The Labute approximate surface area is 178 Å². The first-order valence-corrected chi connectivity index (χ1v) is 10.3. The highest BCUT2D eigenvalue weighted by molar-refractivity contribution is 5.85. The zero-order valence-electron chi connectivity index (χ0n) is 17.7. The molecule has 7 heteroatoms. The fourth-order valence-corrected chi connectivity index (χ4v) is 4.79. The summed E-state index contributed by atoms with van der Waals surface area (Å²) >= 11 is 0. The van der Waals surface area contributed by atoms with Crippen molar-refractivity contribution >= 4 is 10.9 Å². The topological polar surface area (TPSA) is 94.1 Å². The summed E-state index contributed by atoms with van der Waals surface area (Å²) in [6.07, 6.45) is 0.835. The van der Waals surface area contributed by atoms with Crippen molar-refractivity contribution in [2.75, 3.05) is 13.6 Å². The van der Waals surface area contributed by atoms with Crippen LogP contribution in [0.1, 0.15) is 34.0 Å². The molecule has 0 saturated heterocycles. The minimum atomic E-state index is -0.659. The van der Waals surface area contributed by atoms with Gasteiger partial charge in [0.15, 0.2) is 0 Å². The monoisotopic (exact) mass is 416 g/mol. The highest BCUT2D eigenvalue weighted by Crippen LogP contribution is 2.39. The largest absolute Gasteiger partial charge is 0.494 e. The van der Waals surface area contributed by atoms with Crippen LogP contribution >= 0.6 is 0 Å². The van der Waals surface area contributed by atoms with E-state index in [1.807, 2.05) is 56.1 Å². The molecule has 7 nitrogen and oxygen atoms in total. The second-order valence-corrected chi connectivity index (χ2v) is 8.32. The van der Waals surface area contributed by atoms with E-state index in [1.165, 1.54) is 4.57 Å². The molecular formula is C24H24N4O3. The molecule has 0 unspecified atom stereocenters. The molecule has 0 bridgehead atoms. The van der Waals surface area contributed by atoms with Gasteiger partial charge in [0.2, 0.25) is 5.88 Å². The fourth-order valence-electron chi connectivity index (χ4n) is 4.79. The second-order valence-electron chi connectivity index (χ2n) is 8.32. The van der Waals surface area contributed by atoms with Crippen LogP contribution in [0.25, 0.3) is 16.6 Å². The van der Waals surface area contributed by atoms with Crippen molar-refractivity contribution in [3.63, 3.8) is 0 Å². The average molecular weight is 416 g/mol. The lowest BCUT2D eigenvalue weighted by molar-refractivity contribution is 0.251. The molecule has 0 amide bonds. The standard InChI is InChI=1S/C24H24N4O3/c1-13-8-9-18(14(2)12-13)28-23(30)19(22(29)26-24(28)31)21-20-16(10-11-27(21)3)15-6-4-5-7-17(15)25-20/h4-9,12,21,25,30H,10-11H2,1-3H3,(H,26,29,31)/t21-/m1/s1. The molecule has 0 spiro atoms. The van der Waals surface area contributed by atoms with E-state index < -0.39 is 17.3 Å². The van der Waals surface area contributed by atoms with Crippen LogP contribution in [0.2, 0.25) is 0 Å². The molecule has 3 heterocycles. The predicted molar refractivity (Wildman–Crippen MR) is 120 cm³/mol. The molecular weight excluding hydrogens is 392 g/mol. The third-order valence-corrected chi connectivity index (χ3v) is 6.26. The number of hydrogen-bond acceptors (Lipinski definition) is 4. The molecule has 4 aromatic rings. The summed E-state index contributed by atoms with van der Waals surface area (Å²) in [4.78, 5) is 33.6. The normalized spacial score (nSPS) is 16.5. The summed E-state index contributed by atoms with van der Waals surface area (Å²) in [7, 11) is 1.92. The number of rotatable bonds is 2. The van der Waals surface area contributed by atoms with Gasteiger partial charge in [-0.2, -0.15) is 0 Å². The molecule has 1 aliphatic rings. The number of aromatic amines is 2. The Bertz CT molecular complexity index is 1440. The van der Waals surface area contributed by atoms with Crippen molar-refractivity contribution in [3.8, 4) is 11.6 Å². The van der Waals surface area contributed by atoms with Gasteiger partial charge in [-0.15, -0.1) is 0 Å². The summed E-state index contributed by atoms with van der Waals surface area (Å²) in [6, 6.07) is 13.1. The van der Waals surface area contributed by atoms with E-state index >= 15 is 0 Å². The Morgan fingerprint density at radius 2 is 1.84 bits per heavy atom. The Balaban J connectivity index is 1.79. The third-order valence-electron chi connectivity index (χ3n) is 6.26. The quantitative estimate of drug-likeness (QED) is 0.468. The minimum absolute atomic E-state index is 0.162. The van der Waals surface area contributed by atoms with E-state index in [0.717, 1.165) is 46.3 Å². The van der Waals surface area contributed by atoms with Crippen LogP contribution in [0.15, 0.2) is 52.1 Å². The number of nitrogens with one attached hydrogen (secondary N) is 2. The van der Waals surface area contributed by atoms with E-state index in [0.29, 0.717) is 5.69 Å². The fraction of sp³-hybridized carbons (Fsp3) is 0.250. The van der Waals surface area contributed by atoms with Crippen molar-refractivity contribution in [2.45, 2.75) is 26.3 Å². The Morgan fingerprint density at radius 3 is 2.61 bits per heavy atom. The number of H-pyrrole nitrogens is 2. The zero-order chi connectivity index (χ0) is 21.9. The maximum atomic E-state index is 13.0. The van der Waals surface area contributed by atoms with Crippen molar-refractivity contribution in [2.24, 2.45) is 0 Å². The first kappa shape index (κ1) is 19.4. The number of para-hydroxylation sites is 1. The van der Waals surface area contributed by atoms with Gasteiger partial charge in [0.1, 0.15) is 5.56 Å². The molecule has 2 aromatic heterocycles. The molecule has 0 radical (unpaired) electrons. The first-order valence-electron chi connectivity index (χ1n) is 10.3. The summed E-state index contributed by atoms with van der Waals surface area (Å²) in [5, 5.41) is 12.4. The highest BCUT2D eigenvalue weighted by atomic mass is 16.3. The maximum Gasteiger partial charge on any atom is 0.335 e. The lowest BCUT2D eigenvalue weighted by Gasteiger charge is -2.33. The van der Waals surface area contributed by atoms with E-state index in [2.05, 4.69) is 16.0 Å². The molecule has 5 rings (SSSR count). The Morgan fingerprint density at radius 1 is 1.06 bits per heavy atom. The number of likely N-dealkylation sites (N-methyl/N-ethyl adjacent to an activating group) is 1. The number of aromatic nitrogens is 3. The van der Waals surface area contributed by atoms with E-state index in [4.69, 9.17) is 0 Å². The van der Waals surface area contributed by atoms with Crippen molar-refractivity contribution in [1.29, 1.82) is 0 Å². The molecule has 1 atom stereocenters. The summed E-state index contributed by atoms with van der Waals surface area (Å²) < 4.78 is 1.19.